The van der Waals surface area contributed by atoms with Gasteiger partial charge in [-0.25, -0.2) is 0 Å². The summed E-state index contributed by atoms with van der Waals surface area (Å²) < 4.78 is 11.6. The van der Waals surface area contributed by atoms with E-state index in [1.165, 1.54) is 22.3 Å². The van der Waals surface area contributed by atoms with Gasteiger partial charge in [0.25, 0.3) is 0 Å². The van der Waals surface area contributed by atoms with E-state index in [4.69, 9.17) is 9.47 Å². The van der Waals surface area contributed by atoms with Crippen molar-refractivity contribution in [2.45, 2.75) is 47.3 Å². The van der Waals surface area contributed by atoms with Crippen molar-refractivity contribution in [2.24, 2.45) is 0 Å². The summed E-state index contributed by atoms with van der Waals surface area (Å²) in [6, 6.07) is 0. The predicted octanol–water partition coefficient (Wildman–Crippen LogP) is 3.43. The summed E-state index contributed by atoms with van der Waals surface area (Å²) in [7, 11) is 0. The number of fused-ring (bicyclic) bond motifs is 1. The standard InChI is InChI=1S/C13H18O2/c1-7-8(2)10(4)12-11(9(7)3)14-13(5,6)15-12/h1-6H3. The van der Waals surface area contributed by atoms with Gasteiger partial charge >= 0.3 is 0 Å². The van der Waals surface area contributed by atoms with E-state index in [2.05, 4.69) is 27.7 Å². The van der Waals surface area contributed by atoms with Crippen LogP contribution in [0.5, 0.6) is 11.5 Å². The molecule has 82 valence electrons. The molecule has 0 fully saturated rings. The molecular formula is C13H18O2. The SMILES string of the molecule is Cc1c(C)c(C)c2c(c1C)OC(C)(C)O2. The van der Waals surface area contributed by atoms with E-state index < -0.39 is 5.79 Å². The second-order valence-corrected chi connectivity index (χ2v) is 4.76. The summed E-state index contributed by atoms with van der Waals surface area (Å²) in [4.78, 5) is 0. The predicted molar refractivity (Wildman–Crippen MR) is 60.7 cm³/mol. The second-order valence-electron chi connectivity index (χ2n) is 4.76. The fraction of sp³-hybridized carbons (Fsp3) is 0.538. The van der Waals surface area contributed by atoms with Crippen molar-refractivity contribution in [3.05, 3.63) is 22.3 Å². The lowest BCUT2D eigenvalue weighted by atomic mass is 9.98. The normalized spacial score (nSPS) is 16.9. The van der Waals surface area contributed by atoms with E-state index >= 15 is 0 Å². The Hall–Kier alpha value is -1.18. The smallest absolute Gasteiger partial charge is 0.246 e. The Labute approximate surface area is 91.2 Å². The summed E-state index contributed by atoms with van der Waals surface area (Å²) in [6.07, 6.45) is 0. The van der Waals surface area contributed by atoms with E-state index in [0.717, 1.165) is 11.5 Å². The molecule has 1 aliphatic rings. The number of hydrogen-bond donors (Lipinski definition) is 0. The first kappa shape index (κ1) is 10.3. The fourth-order valence-electron chi connectivity index (χ4n) is 2.00. The minimum absolute atomic E-state index is 0.530. The molecule has 0 saturated carbocycles. The molecule has 1 aromatic carbocycles. The molecule has 15 heavy (non-hydrogen) atoms. The molecule has 0 saturated heterocycles. The Bertz CT molecular complexity index is 392. The molecule has 2 heteroatoms. The molecular weight excluding hydrogens is 188 g/mol. The van der Waals surface area contributed by atoms with E-state index in [9.17, 15) is 0 Å². The Morgan fingerprint density at radius 2 is 1.00 bits per heavy atom. The Kier molecular flexibility index (Phi) is 2.00. The number of hydrogen-bond acceptors (Lipinski definition) is 2. The highest BCUT2D eigenvalue weighted by molar-refractivity contribution is 5.60. The monoisotopic (exact) mass is 206 g/mol. The Balaban J connectivity index is 2.69. The van der Waals surface area contributed by atoms with E-state index in [-0.39, 0.29) is 0 Å². The third kappa shape index (κ3) is 1.39. The molecule has 0 atom stereocenters. The summed E-state index contributed by atoms with van der Waals surface area (Å²) in [5.74, 6) is 1.30. The first-order chi connectivity index (χ1) is 6.83. The van der Waals surface area contributed by atoms with Crippen LogP contribution in [0.25, 0.3) is 0 Å². The zero-order valence-electron chi connectivity index (χ0n) is 10.3. The highest BCUT2D eigenvalue weighted by Gasteiger charge is 2.35. The Morgan fingerprint density at radius 3 is 1.33 bits per heavy atom. The van der Waals surface area contributed by atoms with Crippen LogP contribution in [0.2, 0.25) is 0 Å². The highest BCUT2D eigenvalue weighted by atomic mass is 16.7. The average molecular weight is 206 g/mol. The van der Waals surface area contributed by atoms with E-state index in [1.807, 2.05) is 13.8 Å². The zero-order chi connectivity index (χ0) is 11.4. The summed E-state index contributed by atoms with van der Waals surface area (Å²) in [6.45, 7) is 12.3. The molecule has 1 heterocycles. The molecule has 0 aromatic heterocycles. The van der Waals surface area contributed by atoms with Crippen molar-refractivity contribution in [2.75, 3.05) is 0 Å². The van der Waals surface area contributed by atoms with Crippen molar-refractivity contribution in [1.29, 1.82) is 0 Å². The summed E-state index contributed by atoms with van der Waals surface area (Å²) in [5.41, 5.74) is 4.98. The first-order valence-electron chi connectivity index (χ1n) is 5.32. The van der Waals surface area contributed by atoms with Gasteiger partial charge in [0.1, 0.15) is 0 Å². The van der Waals surface area contributed by atoms with Crippen LogP contribution in [-0.2, 0) is 0 Å². The van der Waals surface area contributed by atoms with Crippen LogP contribution in [0, 0.1) is 27.7 Å². The highest BCUT2D eigenvalue weighted by Crippen LogP contribution is 2.46. The van der Waals surface area contributed by atoms with Crippen LogP contribution < -0.4 is 9.47 Å². The van der Waals surface area contributed by atoms with Gasteiger partial charge in [-0.15, -0.1) is 0 Å². The van der Waals surface area contributed by atoms with Gasteiger partial charge in [-0.3, -0.25) is 0 Å². The lowest BCUT2D eigenvalue weighted by molar-refractivity contribution is -0.0436. The van der Waals surface area contributed by atoms with Crippen LogP contribution in [0.15, 0.2) is 0 Å². The molecule has 0 amide bonds. The van der Waals surface area contributed by atoms with Gasteiger partial charge in [0.05, 0.1) is 0 Å². The van der Waals surface area contributed by atoms with Crippen molar-refractivity contribution < 1.29 is 9.47 Å². The number of ether oxygens (including phenoxy) is 2. The number of benzene rings is 1. The van der Waals surface area contributed by atoms with E-state index in [0.29, 0.717) is 0 Å². The molecule has 2 rings (SSSR count). The maximum atomic E-state index is 5.82. The van der Waals surface area contributed by atoms with Crippen molar-refractivity contribution in [1.82, 2.24) is 0 Å². The maximum Gasteiger partial charge on any atom is 0.246 e. The largest absolute Gasteiger partial charge is 0.449 e. The lowest BCUT2D eigenvalue weighted by Gasteiger charge is -2.16. The maximum absolute atomic E-state index is 5.82. The van der Waals surface area contributed by atoms with Gasteiger partial charge in [0.2, 0.25) is 5.79 Å². The van der Waals surface area contributed by atoms with Gasteiger partial charge in [0, 0.05) is 13.8 Å². The van der Waals surface area contributed by atoms with Crippen LogP contribution in [0.3, 0.4) is 0 Å². The lowest BCUT2D eigenvalue weighted by Crippen LogP contribution is -2.30. The third-order valence-electron chi connectivity index (χ3n) is 3.27. The van der Waals surface area contributed by atoms with Gasteiger partial charge < -0.3 is 9.47 Å². The molecule has 0 N–H and O–H groups in total. The average Bonchev–Trinajstić information content (AvgIpc) is 2.48. The molecule has 0 spiro atoms. The molecule has 0 unspecified atom stereocenters. The van der Waals surface area contributed by atoms with Crippen molar-refractivity contribution >= 4 is 0 Å². The number of rotatable bonds is 0. The molecule has 0 radical (unpaired) electrons. The van der Waals surface area contributed by atoms with Gasteiger partial charge in [0.15, 0.2) is 11.5 Å². The van der Waals surface area contributed by atoms with Gasteiger partial charge in [-0.1, -0.05) is 0 Å². The topological polar surface area (TPSA) is 18.5 Å². The minimum atomic E-state index is -0.530. The quantitative estimate of drug-likeness (QED) is 0.647. The van der Waals surface area contributed by atoms with Crippen LogP contribution >= 0.6 is 0 Å². The van der Waals surface area contributed by atoms with Crippen LogP contribution in [0.4, 0.5) is 0 Å². The zero-order valence-corrected chi connectivity index (χ0v) is 10.3. The molecule has 0 bridgehead atoms. The van der Waals surface area contributed by atoms with Crippen molar-refractivity contribution in [3.8, 4) is 11.5 Å². The third-order valence-corrected chi connectivity index (χ3v) is 3.27. The minimum Gasteiger partial charge on any atom is -0.449 e. The molecule has 1 aliphatic heterocycles. The van der Waals surface area contributed by atoms with Gasteiger partial charge in [-0.2, -0.15) is 0 Å². The summed E-state index contributed by atoms with van der Waals surface area (Å²) >= 11 is 0. The first-order valence-corrected chi connectivity index (χ1v) is 5.32. The molecule has 1 aromatic rings. The van der Waals surface area contributed by atoms with E-state index in [1.54, 1.807) is 0 Å². The van der Waals surface area contributed by atoms with Crippen LogP contribution in [0.1, 0.15) is 36.1 Å². The van der Waals surface area contributed by atoms with Gasteiger partial charge in [-0.05, 0) is 49.9 Å². The van der Waals surface area contributed by atoms with Crippen molar-refractivity contribution in [3.63, 3.8) is 0 Å². The Morgan fingerprint density at radius 1 is 0.667 bits per heavy atom. The molecule has 0 aliphatic carbocycles. The fourth-order valence-corrected chi connectivity index (χ4v) is 2.00. The molecule has 2 nitrogen and oxygen atoms in total. The summed E-state index contributed by atoms with van der Waals surface area (Å²) in [5, 5.41) is 0. The second kappa shape index (κ2) is 2.91. The van der Waals surface area contributed by atoms with Crippen LogP contribution in [-0.4, -0.2) is 5.79 Å².